The van der Waals surface area contributed by atoms with Crippen LogP contribution in [0.15, 0.2) is 42.7 Å². The standard InChI is InChI=1S/C21H28N4O3/c1-16(17-6-8-22-9-7-17)23-21(26)25-12-10-24(11-13-25)15-18-14-19(27-2)4-5-20(18)28-3/h4-9,14,16H,10-13,15H2,1-3H3,(H,23,26). The molecule has 7 heteroatoms. The second-order valence-corrected chi connectivity index (χ2v) is 6.89. The van der Waals surface area contributed by atoms with E-state index in [0.717, 1.165) is 42.3 Å². The number of urea groups is 1. The van der Waals surface area contributed by atoms with Crippen LogP contribution in [0.3, 0.4) is 0 Å². The highest BCUT2D eigenvalue weighted by Gasteiger charge is 2.23. The highest BCUT2D eigenvalue weighted by atomic mass is 16.5. The summed E-state index contributed by atoms with van der Waals surface area (Å²) >= 11 is 0. The Labute approximate surface area is 166 Å². The molecule has 1 saturated heterocycles. The van der Waals surface area contributed by atoms with E-state index in [1.165, 1.54) is 0 Å². The molecule has 28 heavy (non-hydrogen) atoms. The number of rotatable bonds is 6. The van der Waals surface area contributed by atoms with Gasteiger partial charge in [0.1, 0.15) is 11.5 Å². The van der Waals surface area contributed by atoms with Crippen molar-refractivity contribution >= 4 is 6.03 Å². The van der Waals surface area contributed by atoms with Gasteiger partial charge in [0.2, 0.25) is 0 Å². The van der Waals surface area contributed by atoms with Crippen LogP contribution >= 0.6 is 0 Å². The summed E-state index contributed by atoms with van der Waals surface area (Å²) in [6.07, 6.45) is 3.48. The topological polar surface area (TPSA) is 66.9 Å². The van der Waals surface area contributed by atoms with E-state index in [1.807, 2.05) is 42.2 Å². The maximum absolute atomic E-state index is 12.6. The molecule has 1 aliphatic heterocycles. The zero-order valence-electron chi connectivity index (χ0n) is 16.7. The Morgan fingerprint density at radius 2 is 1.82 bits per heavy atom. The first kappa shape index (κ1) is 19.9. The lowest BCUT2D eigenvalue weighted by Crippen LogP contribution is -2.51. The van der Waals surface area contributed by atoms with Gasteiger partial charge in [-0.2, -0.15) is 0 Å². The SMILES string of the molecule is COc1ccc(OC)c(CN2CCN(C(=O)NC(C)c3ccncc3)CC2)c1. The van der Waals surface area contributed by atoms with Crippen LogP contribution in [0.2, 0.25) is 0 Å². The molecule has 3 rings (SSSR count). The fourth-order valence-electron chi connectivity index (χ4n) is 3.37. The third-order valence-electron chi connectivity index (χ3n) is 5.09. The molecule has 1 N–H and O–H groups in total. The molecule has 0 aliphatic carbocycles. The monoisotopic (exact) mass is 384 g/mol. The Balaban J connectivity index is 1.52. The van der Waals surface area contributed by atoms with Gasteiger partial charge in [-0.3, -0.25) is 9.88 Å². The largest absolute Gasteiger partial charge is 0.497 e. The van der Waals surface area contributed by atoms with E-state index in [0.29, 0.717) is 13.1 Å². The molecule has 0 saturated carbocycles. The molecule has 1 fully saturated rings. The second kappa shape index (κ2) is 9.41. The van der Waals surface area contributed by atoms with E-state index in [9.17, 15) is 4.79 Å². The van der Waals surface area contributed by atoms with Gasteiger partial charge in [0.25, 0.3) is 0 Å². The lowest BCUT2D eigenvalue weighted by molar-refractivity contribution is 0.133. The van der Waals surface area contributed by atoms with Gasteiger partial charge >= 0.3 is 6.03 Å². The molecule has 1 aromatic carbocycles. The summed E-state index contributed by atoms with van der Waals surface area (Å²) in [7, 11) is 3.34. The summed E-state index contributed by atoms with van der Waals surface area (Å²) in [5.41, 5.74) is 2.14. The highest BCUT2D eigenvalue weighted by molar-refractivity contribution is 5.74. The number of pyridine rings is 1. The number of hydrogen-bond acceptors (Lipinski definition) is 5. The lowest BCUT2D eigenvalue weighted by atomic mass is 10.1. The average molecular weight is 384 g/mol. The maximum Gasteiger partial charge on any atom is 0.317 e. The number of carbonyl (C=O) groups is 1. The number of nitrogens with one attached hydrogen (secondary N) is 1. The maximum atomic E-state index is 12.6. The van der Waals surface area contributed by atoms with Gasteiger partial charge in [-0.05, 0) is 42.8 Å². The van der Waals surface area contributed by atoms with Gasteiger partial charge in [-0.25, -0.2) is 4.79 Å². The number of benzene rings is 1. The fraction of sp³-hybridized carbons (Fsp3) is 0.429. The van der Waals surface area contributed by atoms with Crippen LogP contribution in [-0.2, 0) is 6.54 Å². The summed E-state index contributed by atoms with van der Waals surface area (Å²) < 4.78 is 10.8. The Morgan fingerprint density at radius 1 is 1.11 bits per heavy atom. The Kier molecular flexibility index (Phi) is 6.71. The van der Waals surface area contributed by atoms with Gasteiger partial charge < -0.3 is 19.7 Å². The van der Waals surface area contributed by atoms with Crippen LogP contribution in [0.4, 0.5) is 4.79 Å². The van der Waals surface area contributed by atoms with Crippen LogP contribution < -0.4 is 14.8 Å². The molecule has 2 amide bonds. The predicted molar refractivity (Wildman–Crippen MR) is 108 cm³/mol. The van der Waals surface area contributed by atoms with E-state index in [2.05, 4.69) is 15.2 Å². The molecule has 0 spiro atoms. The molecule has 2 aromatic rings. The zero-order valence-corrected chi connectivity index (χ0v) is 16.7. The van der Waals surface area contributed by atoms with Gasteiger partial charge in [-0.15, -0.1) is 0 Å². The molecule has 0 bridgehead atoms. The van der Waals surface area contributed by atoms with Crippen molar-refractivity contribution in [1.82, 2.24) is 20.1 Å². The van der Waals surface area contributed by atoms with E-state index < -0.39 is 0 Å². The van der Waals surface area contributed by atoms with Gasteiger partial charge in [0.15, 0.2) is 0 Å². The summed E-state index contributed by atoms with van der Waals surface area (Å²) in [6, 6.07) is 9.60. The quantitative estimate of drug-likeness (QED) is 0.829. The summed E-state index contributed by atoms with van der Waals surface area (Å²) in [5.74, 6) is 1.67. The number of nitrogens with zero attached hydrogens (tertiary/aromatic N) is 3. The molecular weight excluding hydrogens is 356 g/mol. The van der Waals surface area contributed by atoms with Crippen molar-refractivity contribution in [3.8, 4) is 11.5 Å². The first-order chi connectivity index (χ1) is 13.6. The first-order valence-electron chi connectivity index (χ1n) is 9.49. The normalized spacial score (nSPS) is 15.8. The average Bonchev–Trinajstić information content (AvgIpc) is 2.74. The molecular formula is C21H28N4O3. The van der Waals surface area contributed by atoms with Crippen LogP contribution in [0.25, 0.3) is 0 Å². The van der Waals surface area contributed by atoms with Gasteiger partial charge in [0, 0.05) is 50.7 Å². The summed E-state index contributed by atoms with van der Waals surface area (Å²) in [6.45, 7) is 5.78. The van der Waals surface area contributed by atoms with Crippen molar-refractivity contribution in [2.45, 2.75) is 19.5 Å². The third-order valence-corrected chi connectivity index (χ3v) is 5.09. The lowest BCUT2D eigenvalue weighted by Gasteiger charge is -2.35. The fourth-order valence-corrected chi connectivity index (χ4v) is 3.37. The molecule has 7 nitrogen and oxygen atoms in total. The van der Waals surface area contributed by atoms with Crippen molar-refractivity contribution in [2.75, 3.05) is 40.4 Å². The van der Waals surface area contributed by atoms with Crippen molar-refractivity contribution < 1.29 is 14.3 Å². The van der Waals surface area contributed by atoms with E-state index in [4.69, 9.17) is 9.47 Å². The van der Waals surface area contributed by atoms with Gasteiger partial charge in [0.05, 0.1) is 20.3 Å². The first-order valence-corrected chi connectivity index (χ1v) is 9.49. The smallest absolute Gasteiger partial charge is 0.317 e. The Bertz CT molecular complexity index is 776. The van der Waals surface area contributed by atoms with Crippen LogP contribution in [0.5, 0.6) is 11.5 Å². The minimum atomic E-state index is -0.0467. The molecule has 2 heterocycles. The van der Waals surface area contributed by atoms with Crippen LogP contribution in [0.1, 0.15) is 24.1 Å². The Morgan fingerprint density at radius 3 is 2.46 bits per heavy atom. The van der Waals surface area contributed by atoms with E-state index >= 15 is 0 Å². The van der Waals surface area contributed by atoms with E-state index in [1.54, 1.807) is 26.6 Å². The van der Waals surface area contributed by atoms with Crippen LogP contribution in [-0.4, -0.2) is 61.2 Å². The van der Waals surface area contributed by atoms with Crippen molar-refractivity contribution in [3.63, 3.8) is 0 Å². The minimum absolute atomic E-state index is 0.0251. The van der Waals surface area contributed by atoms with Crippen LogP contribution in [0, 0.1) is 0 Å². The number of aromatic nitrogens is 1. The zero-order chi connectivity index (χ0) is 19.9. The minimum Gasteiger partial charge on any atom is -0.497 e. The molecule has 150 valence electrons. The summed E-state index contributed by atoms with van der Waals surface area (Å²) in [4.78, 5) is 20.8. The molecule has 1 aromatic heterocycles. The number of methoxy groups -OCH3 is 2. The highest BCUT2D eigenvalue weighted by Crippen LogP contribution is 2.25. The molecule has 1 aliphatic rings. The number of hydrogen-bond donors (Lipinski definition) is 1. The number of carbonyl (C=O) groups excluding carboxylic acids is 1. The molecule has 1 unspecified atom stereocenters. The number of piperazine rings is 1. The number of amides is 2. The van der Waals surface area contributed by atoms with Crippen molar-refractivity contribution in [3.05, 3.63) is 53.9 Å². The second-order valence-electron chi connectivity index (χ2n) is 6.89. The molecule has 1 atom stereocenters. The summed E-state index contributed by atoms with van der Waals surface area (Å²) in [5, 5.41) is 3.07. The predicted octanol–water partition coefficient (Wildman–Crippen LogP) is 2.69. The number of ether oxygens (including phenoxy) is 2. The van der Waals surface area contributed by atoms with Crippen molar-refractivity contribution in [2.24, 2.45) is 0 Å². The third kappa shape index (κ3) is 4.92. The van der Waals surface area contributed by atoms with Gasteiger partial charge in [-0.1, -0.05) is 0 Å². The molecule has 0 radical (unpaired) electrons. The van der Waals surface area contributed by atoms with Crippen molar-refractivity contribution in [1.29, 1.82) is 0 Å². The Hall–Kier alpha value is -2.80. The van der Waals surface area contributed by atoms with E-state index in [-0.39, 0.29) is 12.1 Å².